The van der Waals surface area contributed by atoms with Gasteiger partial charge in [0, 0.05) is 13.1 Å². The molecule has 0 saturated heterocycles. The van der Waals surface area contributed by atoms with E-state index in [1.54, 1.807) is 4.57 Å². The fourth-order valence-electron chi connectivity index (χ4n) is 3.54. The van der Waals surface area contributed by atoms with E-state index in [2.05, 4.69) is 10.3 Å². The number of hydrogen-bond donors (Lipinski definition) is 1. The molecule has 0 saturated carbocycles. The highest BCUT2D eigenvalue weighted by Gasteiger charge is 2.31. The molecule has 0 spiro atoms. The summed E-state index contributed by atoms with van der Waals surface area (Å²) in [5.74, 6) is -0.819. The second-order valence-corrected chi connectivity index (χ2v) is 8.79. The number of fused-ring (bicyclic) bond motifs is 1. The average Bonchev–Trinajstić information content (AvgIpc) is 3.17. The number of nitrogens with zero attached hydrogens (tertiary/aromatic N) is 4. The van der Waals surface area contributed by atoms with Gasteiger partial charge in [-0.2, -0.15) is 13.2 Å². The van der Waals surface area contributed by atoms with Gasteiger partial charge in [0.1, 0.15) is 6.54 Å². The molecule has 184 valence electrons. The Hall–Kier alpha value is -3.08. The predicted molar refractivity (Wildman–Crippen MR) is 123 cm³/mol. The fraction of sp³-hybridized carbons (Fsp3) is 0.455. The number of aryl methyl sites for hydroxylation is 1. The summed E-state index contributed by atoms with van der Waals surface area (Å²) < 4.78 is 42.8. The Morgan fingerprint density at radius 2 is 1.91 bits per heavy atom. The van der Waals surface area contributed by atoms with Crippen LogP contribution in [0.1, 0.15) is 39.2 Å². The fourth-order valence-corrected chi connectivity index (χ4v) is 3.70. The number of amides is 1. The molecule has 0 aliphatic carbocycles. The van der Waals surface area contributed by atoms with E-state index >= 15 is 0 Å². The molecule has 0 aliphatic heterocycles. The van der Waals surface area contributed by atoms with Crippen LogP contribution < -0.4 is 16.6 Å². The predicted octanol–water partition coefficient (Wildman–Crippen LogP) is 4.13. The van der Waals surface area contributed by atoms with Gasteiger partial charge in [0.2, 0.25) is 5.91 Å². The average molecular weight is 500 g/mol. The Labute approximate surface area is 198 Å². The number of benzene rings is 1. The van der Waals surface area contributed by atoms with Crippen molar-refractivity contribution in [1.82, 2.24) is 18.7 Å². The summed E-state index contributed by atoms with van der Waals surface area (Å²) in [6.07, 6.45) is -1.49. The largest absolute Gasteiger partial charge is 0.416 e. The van der Waals surface area contributed by atoms with Crippen LogP contribution in [-0.4, -0.2) is 24.6 Å². The lowest BCUT2D eigenvalue weighted by Crippen LogP contribution is -2.43. The van der Waals surface area contributed by atoms with Crippen molar-refractivity contribution < 1.29 is 18.0 Å². The number of imidazole rings is 1. The van der Waals surface area contributed by atoms with Crippen LogP contribution in [0.2, 0.25) is 5.02 Å². The molecule has 0 unspecified atom stereocenters. The van der Waals surface area contributed by atoms with Crippen molar-refractivity contribution in [2.24, 2.45) is 5.92 Å². The van der Waals surface area contributed by atoms with Gasteiger partial charge in [-0.1, -0.05) is 38.8 Å². The van der Waals surface area contributed by atoms with Gasteiger partial charge < -0.3 is 9.88 Å². The van der Waals surface area contributed by atoms with Crippen molar-refractivity contribution in [3.05, 3.63) is 56.0 Å². The standard InChI is InChI=1S/C22H25ClF3N5O3/c1-4-5-8-29-12-27-19-18(29)20(33)31(21(34)30(19)10-13(2)3)11-17(32)28-16-9-14(22(24,25)26)6-7-15(16)23/h6-7,9,12-13H,4-5,8,10-11H2,1-3H3,(H,28,32). The molecule has 8 nitrogen and oxygen atoms in total. The summed E-state index contributed by atoms with van der Waals surface area (Å²) in [5, 5.41) is 2.16. The van der Waals surface area contributed by atoms with Gasteiger partial charge in [-0.3, -0.25) is 14.2 Å². The van der Waals surface area contributed by atoms with E-state index in [0.717, 1.165) is 29.5 Å². The Bertz CT molecular complexity index is 1320. The van der Waals surface area contributed by atoms with Crippen LogP contribution in [0.3, 0.4) is 0 Å². The maximum absolute atomic E-state index is 13.2. The first-order chi connectivity index (χ1) is 15.9. The maximum Gasteiger partial charge on any atom is 0.416 e. The third-order valence-electron chi connectivity index (χ3n) is 5.15. The summed E-state index contributed by atoms with van der Waals surface area (Å²) in [4.78, 5) is 43.3. The lowest BCUT2D eigenvalue weighted by Gasteiger charge is -2.15. The molecule has 12 heteroatoms. The second-order valence-electron chi connectivity index (χ2n) is 8.38. The minimum absolute atomic E-state index is 0.0467. The Morgan fingerprint density at radius 3 is 2.53 bits per heavy atom. The monoisotopic (exact) mass is 499 g/mol. The van der Waals surface area contributed by atoms with Gasteiger partial charge in [-0.05, 0) is 30.5 Å². The van der Waals surface area contributed by atoms with Crippen molar-refractivity contribution >= 4 is 34.4 Å². The Kier molecular flexibility index (Phi) is 7.54. The molecule has 0 aliphatic rings. The second kappa shape index (κ2) is 10.0. The summed E-state index contributed by atoms with van der Waals surface area (Å²) >= 11 is 5.94. The number of aromatic nitrogens is 4. The lowest BCUT2D eigenvalue weighted by molar-refractivity contribution is -0.137. The summed E-state index contributed by atoms with van der Waals surface area (Å²) in [7, 11) is 0. The van der Waals surface area contributed by atoms with Crippen molar-refractivity contribution in [2.45, 2.75) is 59.4 Å². The molecule has 3 rings (SSSR count). The zero-order valence-corrected chi connectivity index (χ0v) is 19.7. The van der Waals surface area contributed by atoms with Crippen LogP contribution in [0.5, 0.6) is 0 Å². The van der Waals surface area contributed by atoms with Crippen LogP contribution in [0.4, 0.5) is 18.9 Å². The van der Waals surface area contributed by atoms with Crippen molar-refractivity contribution in [1.29, 1.82) is 0 Å². The lowest BCUT2D eigenvalue weighted by atomic mass is 10.2. The molecule has 2 aromatic heterocycles. The highest BCUT2D eigenvalue weighted by atomic mass is 35.5. The van der Waals surface area contributed by atoms with Gasteiger partial charge in [-0.25, -0.2) is 14.3 Å². The van der Waals surface area contributed by atoms with Crippen LogP contribution in [-0.2, 0) is 30.6 Å². The summed E-state index contributed by atoms with van der Waals surface area (Å²) in [5.41, 5.74) is -2.26. The first kappa shape index (κ1) is 25.5. The minimum Gasteiger partial charge on any atom is -0.325 e. The van der Waals surface area contributed by atoms with Crippen molar-refractivity contribution in [2.75, 3.05) is 5.32 Å². The molecule has 0 radical (unpaired) electrons. The van der Waals surface area contributed by atoms with Crippen LogP contribution >= 0.6 is 11.6 Å². The van der Waals surface area contributed by atoms with Crippen LogP contribution in [0.15, 0.2) is 34.1 Å². The molecule has 1 amide bonds. The molecule has 0 atom stereocenters. The number of unbranched alkanes of at least 4 members (excludes halogenated alkanes) is 1. The number of carbonyl (C=O) groups is 1. The van der Waals surface area contributed by atoms with Gasteiger partial charge in [0.15, 0.2) is 11.2 Å². The summed E-state index contributed by atoms with van der Waals surface area (Å²) in [6.45, 7) is 5.86. The van der Waals surface area contributed by atoms with Crippen LogP contribution in [0, 0.1) is 5.92 Å². The zero-order valence-electron chi connectivity index (χ0n) is 18.9. The molecule has 2 heterocycles. The number of halogens is 4. The minimum atomic E-state index is -4.63. The van der Waals surface area contributed by atoms with E-state index in [9.17, 15) is 27.6 Å². The molecule has 0 bridgehead atoms. The smallest absolute Gasteiger partial charge is 0.325 e. The Balaban J connectivity index is 2.03. The summed E-state index contributed by atoms with van der Waals surface area (Å²) in [6, 6.07) is 2.50. The highest BCUT2D eigenvalue weighted by Crippen LogP contribution is 2.33. The molecule has 1 N–H and O–H groups in total. The molecular formula is C22H25ClF3N5O3. The number of hydrogen-bond acceptors (Lipinski definition) is 4. The van der Waals surface area contributed by atoms with Crippen molar-refractivity contribution in [3.63, 3.8) is 0 Å². The van der Waals surface area contributed by atoms with E-state index in [1.807, 2.05) is 20.8 Å². The number of rotatable bonds is 8. The topological polar surface area (TPSA) is 90.9 Å². The third kappa shape index (κ3) is 5.35. The Morgan fingerprint density at radius 1 is 1.21 bits per heavy atom. The quantitative estimate of drug-likeness (QED) is 0.504. The SMILES string of the molecule is CCCCn1cnc2c1c(=O)n(CC(=O)Nc1cc(C(F)(F)F)ccc1Cl)c(=O)n2CC(C)C. The van der Waals surface area contributed by atoms with Gasteiger partial charge in [0.25, 0.3) is 5.56 Å². The number of carbonyl (C=O) groups excluding carboxylic acids is 1. The van der Waals surface area contributed by atoms with E-state index in [4.69, 9.17) is 11.6 Å². The van der Waals surface area contributed by atoms with Gasteiger partial charge in [0.05, 0.1) is 22.6 Å². The highest BCUT2D eigenvalue weighted by molar-refractivity contribution is 6.33. The molecule has 3 aromatic rings. The van der Waals surface area contributed by atoms with Crippen molar-refractivity contribution in [3.8, 4) is 0 Å². The first-order valence-electron chi connectivity index (χ1n) is 10.8. The molecule has 0 fully saturated rings. The molecular weight excluding hydrogens is 475 g/mol. The van der Waals surface area contributed by atoms with E-state index in [-0.39, 0.29) is 34.3 Å². The number of alkyl halides is 3. The molecule has 1 aromatic carbocycles. The third-order valence-corrected chi connectivity index (χ3v) is 5.48. The van der Waals surface area contributed by atoms with Gasteiger partial charge in [-0.15, -0.1) is 0 Å². The van der Waals surface area contributed by atoms with Crippen LogP contribution in [0.25, 0.3) is 11.2 Å². The van der Waals surface area contributed by atoms with E-state index in [0.29, 0.717) is 12.6 Å². The first-order valence-corrected chi connectivity index (χ1v) is 11.2. The van der Waals surface area contributed by atoms with E-state index < -0.39 is 35.4 Å². The normalized spacial score (nSPS) is 12.0. The number of anilines is 1. The zero-order chi connectivity index (χ0) is 25.2. The van der Waals surface area contributed by atoms with E-state index in [1.165, 1.54) is 10.9 Å². The molecule has 34 heavy (non-hydrogen) atoms. The number of nitrogens with one attached hydrogen (secondary N) is 1. The maximum atomic E-state index is 13.2. The van der Waals surface area contributed by atoms with Gasteiger partial charge >= 0.3 is 11.9 Å².